The van der Waals surface area contributed by atoms with Crippen molar-refractivity contribution >= 4 is 57.9 Å². The Morgan fingerprint density at radius 2 is 1.76 bits per heavy atom. The highest BCUT2D eigenvalue weighted by Crippen LogP contribution is 2.33. The number of benzene rings is 2. The van der Waals surface area contributed by atoms with E-state index in [1.807, 2.05) is 40.8 Å². The van der Waals surface area contributed by atoms with E-state index in [2.05, 4.69) is 17.1 Å². The van der Waals surface area contributed by atoms with Gasteiger partial charge in [0.25, 0.3) is 5.91 Å². The number of halogens is 2. The van der Waals surface area contributed by atoms with Crippen molar-refractivity contribution in [1.82, 2.24) is 14.4 Å². The highest BCUT2D eigenvalue weighted by atomic mass is 35.5. The van der Waals surface area contributed by atoms with Crippen LogP contribution in [0.5, 0.6) is 0 Å². The van der Waals surface area contributed by atoms with Gasteiger partial charge in [-0.3, -0.25) is 14.5 Å². The SMILES string of the molecule is CC1CCN([C@H]2C[C@@H](COC3CCC(C=O)CC3)N(C(=O)Cc3cc(Cl)c(NC(=O)c4cn(C)c5ccccc45)cc3Cl)C2)CC1. The lowest BCUT2D eigenvalue weighted by molar-refractivity contribution is -0.133. The van der Waals surface area contributed by atoms with Gasteiger partial charge in [0.15, 0.2) is 0 Å². The van der Waals surface area contributed by atoms with Gasteiger partial charge in [0, 0.05) is 47.7 Å². The van der Waals surface area contributed by atoms with Gasteiger partial charge in [0.05, 0.1) is 41.4 Å². The van der Waals surface area contributed by atoms with Crippen molar-refractivity contribution in [2.24, 2.45) is 18.9 Å². The minimum Gasteiger partial charge on any atom is -0.376 e. The summed E-state index contributed by atoms with van der Waals surface area (Å²) in [7, 11) is 1.90. The lowest BCUT2D eigenvalue weighted by Gasteiger charge is -2.34. The molecule has 6 rings (SSSR count). The minimum atomic E-state index is -0.281. The second kappa shape index (κ2) is 14.5. The van der Waals surface area contributed by atoms with Gasteiger partial charge in [-0.1, -0.05) is 48.3 Å². The van der Waals surface area contributed by atoms with E-state index >= 15 is 0 Å². The standard InChI is InChI=1S/C36H44Cl2N4O4/c1-23-11-13-41(14-12-23)26-17-27(22-46-28-9-7-24(21-43)8-10-28)42(19-26)35(44)16-25-15-32(38)33(18-31(25)37)39-36(45)30-20-40(2)34-6-4-3-5-29(30)34/h3-6,15,18,20-21,23-24,26-28H,7-14,16-17,19,22H2,1-2H3,(H,39,45)/t24?,26-,27-,28?/m0/s1. The molecule has 2 saturated heterocycles. The van der Waals surface area contributed by atoms with E-state index in [1.54, 1.807) is 18.3 Å². The fraction of sp³-hybridized carbons (Fsp3) is 0.528. The topological polar surface area (TPSA) is 83.9 Å². The number of fused-ring (bicyclic) bond motifs is 1. The molecule has 8 nitrogen and oxygen atoms in total. The van der Waals surface area contributed by atoms with Gasteiger partial charge in [-0.15, -0.1) is 0 Å². The van der Waals surface area contributed by atoms with Gasteiger partial charge in [-0.05, 0) is 87.7 Å². The first kappa shape index (κ1) is 33.0. The number of nitrogens with one attached hydrogen (secondary N) is 1. The molecule has 3 aromatic rings. The number of ether oxygens (including phenoxy) is 1. The van der Waals surface area contributed by atoms with E-state index < -0.39 is 0 Å². The van der Waals surface area contributed by atoms with Crippen molar-refractivity contribution in [3.63, 3.8) is 0 Å². The third kappa shape index (κ3) is 7.30. The number of carbonyl (C=O) groups is 3. The van der Waals surface area contributed by atoms with Gasteiger partial charge < -0.3 is 24.3 Å². The molecule has 246 valence electrons. The number of piperidine rings is 1. The molecule has 3 heterocycles. The summed E-state index contributed by atoms with van der Waals surface area (Å²) >= 11 is 13.4. The van der Waals surface area contributed by atoms with Crippen molar-refractivity contribution in [3.05, 3.63) is 63.8 Å². The maximum Gasteiger partial charge on any atom is 0.257 e. The zero-order chi connectivity index (χ0) is 32.4. The summed E-state index contributed by atoms with van der Waals surface area (Å²) in [6.07, 6.45) is 9.87. The molecule has 3 aliphatic rings. The van der Waals surface area contributed by atoms with Gasteiger partial charge >= 0.3 is 0 Å². The highest BCUT2D eigenvalue weighted by molar-refractivity contribution is 6.36. The van der Waals surface area contributed by atoms with Crippen molar-refractivity contribution in [1.29, 1.82) is 0 Å². The first-order chi connectivity index (χ1) is 22.2. The van der Waals surface area contributed by atoms with Gasteiger partial charge in [-0.25, -0.2) is 0 Å². The molecule has 46 heavy (non-hydrogen) atoms. The third-order valence-electron chi connectivity index (χ3n) is 10.4. The van der Waals surface area contributed by atoms with Crippen LogP contribution in [0.3, 0.4) is 0 Å². The Morgan fingerprint density at radius 3 is 2.50 bits per heavy atom. The van der Waals surface area contributed by atoms with Crippen molar-refractivity contribution < 1.29 is 19.1 Å². The van der Waals surface area contributed by atoms with E-state index in [1.165, 1.54) is 12.8 Å². The zero-order valence-corrected chi connectivity index (χ0v) is 28.2. The Kier molecular flexibility index (Phi) is 10.4. The van der Waals surface area contributed by atoms with Crippen LogP contribution in [0.25, 0.3) is 10.9 Å². The van der Waals surface area contributed by atoms with Gasteiger partial charge in [0.1, 0.15) is 6.29 Å². The number of aromatic nitrogens is 1. The normalized spacial score (nSPS) is 24.4. The van der Waals surface area contributed by atoms with Crippen LogP contribution in [0, 0.1) is 11.8 Å². The second-order valence-electron chi connectivity index (χ2n) is 13.5. The Hall–Kier alpha value is -2.91. The molecule has 0 spiro atoms. The van der Waals surface area contributed by atoms with E-state index in [0.717, 1.165) is 68.3 Å². The van der Waals surface area contributed by atoms with E-state index in [0.29, 0.717) is 46.1 Å². The maximum atomic E-state index is 13.9. The fourth-order valence-corrected chi connectivity index (χ4v) is 7.91. The fourth-order valence-electron chi connectivity index (χ4n) is 7.45. The number of anilines is 1. The lowest BCUT2D eigenvalue weighted by Crippen LogP contribution is -2.43. The number of likely N-dealkylation sites (tertiary alicyclic amines) is 2. The molecule has 1 aromatic heterocycles. The smallest absolute Gasteiger partial charge is 0.257 e. The molecule has 0 bridgehead atoms. The molecule has 1 N–H and O–H groups in total. The predicted molar refractivity (Wildman–Crippen MR) is 183 cm³/mol. The molecular formula is C36H44Cl2N4O4. The molecule has 3 fully saturated rings. The van der Waals surface area contributed by atoms with Crippen LogP contribution >= 0.6 is 23.2 Å². The predicted octanol–water partition coefficient (Wildman–Crippen LogP) is 6.76. The minimum absolute atomic E-state index is 0.00310. The summed E-state index contributed by atoms with van der Waals surface area (Å²) in [5.74, 6) is 0.598. The zero-order valence-electron chi connectivity index (χ0n) is 26.7. The van der Waals surface area contributed by atoms with Crippen LogP contribution in [0.2, 0.25) is 10.0 Å². The molecule has 2 aliphatic heterocycles. The Balaban J connectivity index is 1.13. The molecule has 2 atom stereocenters. The summed E-state index contributed by atoms with van der Waals surface area (Å²) in [4.78, 5) is 42.9. The second-order valence-corrected chi connectivity index (χ2v) is 14.4. The van der Waals surface area contributed by atoms with E-state index in [9.17, 15) is 14.4 Å². The quantitative estimate of drug-likeness (QED) is 0.255. The number of amides is 2. The average molecular weight is 668 g/mol. The van der Waals surface area contributed by atoms with Crippen LogP contribution in [0.1, 0.15) is 67.8 Å². The third-order valence-corrected chi connectivity index (χ3v) is 11.0. The highest BCUT2D eigenvalue weighted by Gasteiger charge is 2.39. The Morgan fingerprint density at radius 1 is 1.02 bits per heavy atom. The number of hydrogen-bond acceptors (Lipinski definition) is 5. The molecule has 2 aromatic carbocycles. The number of carbonyl (C=O) groups excluding carboxylic acids is 3. The first-order valence-electron chi connectivity index (χ1n) is 16.6. The number of aldehydes is 1. The molecule has 10 heteroatoms. The van der Waals surface area contributed by atoms with E-state index in [4.69, 9.17) is 27.9 Å². The van der Waals surface area contributed by atoms with Crippen LogP contribution < -0.4 is 5.32 Å². The van der Waals surface area contributed by atoms with Gasteiger partial charge in [0.2, 0.25) is 5.91 Å². The van der Waals surface area contributed by atoms with Crippen molar-refractivity contribution in [2.75, 3.05) is 31.6 Å². The van der Waals surface area contributed by atoms with Crippen molar-refractivity contribution in [3.8, 4) is 0 Å². The maximum absolute atomic E-state index is 13.9. The Bertz CT molecular complexity index is 1580. The number of para-hydroxylation sites is 1. The number of nitrogens with zero attached hydrogens (tertiary/aromatic N) is 3. The number of hydrogen-bond donors (Lipinski definition) is 1. The van der Waals surface area contributed by atoms with E-state index in [-0.39, 0.29) is 36.3 Å². The molecular weight excluding hydrogens is 623 g/mol. The monoisotopic (exact) mass is 666 g/mol. The summed E-state index contributed by atoms with van der Waals surface area (Å²) < 4.78 is 8.30. The number of aryl methyl sites for hydroxylation is 1. The summed E-state index contributed by atoms with van der Waals surface area (Å²) in [6.45, 7) is 5.60. The average Bonchev–Trinajstić information content (AvgIpc) is 3.64. The summed E-state index contributed by atoms with van der Waals surface area (Å²) in [5, 5.41) is 4.47. The van der Waals surface area contributed by atoms with Crippen LogP contribution in [-0.2, 0) is 27.8 Å². The summed E-state index contributed by atoms with van der Waals surface area (Å²) in [5.41, 5.74) is 2.53. The van der Waals surface area contributed by atoms with Crippen LogP contribution in [-0.4, -0.2) is 76.9 Å². The molecule has 1 saturated carbocycles. The summed E-state index contributed by atoms with van der Waals surface area (Å²) in [6, 6.07) is 11.3. The largest absolute Gasteiger partial charge is 0.376 e. The lowest BCUT2D eigenvalue weighted by atomic mass is 9.88. The van der Waals surface area contributed by atoms with Crippen LogP contribution in [0.15, 0.2) is 42.6 Å². The van der Waals surface area contributed by atoms with Crippen LogP contribution in [0.4, 0.5) is 5.69 Å². The van der Waals surface area contributed by atoms with Gasteiger partial charge in [-0.2, -0.15) is 0 Å². The Labute approximate surface area is 281 Å². The van der Waals surface area contributed by atoms with Crippen molar-refractivity contribution in [2.45, 2.75) is 76.5 Å². The molecule has 2 amide bonds. The molecule has 0 radical (unpaired) electrons. The first-order valence-corrected chi connectivity index (χ1v) is 17.4. The molecule has 0 unspecified atom stereocenters. The molecule has 1 aliphatic carbocycles. The number of rotatable bonds is 9.